The zero-order chi connectivity index (χ0) is 18.4. The van der Waals surface area contributed by atoms with Crippen molar-refractivity contribution in [1.29, 1.82) is 0 Å². The summed E-state index contributed by atoms with van der Waals surface area (Å²) in [5.74, 6) is 0.851. The molecule has 0 aliphatic heterocycles. The lowest BCUT2D eigenvalue weighted by Gasteiger charge is -2.12. The first-order chi connectivity index (χ1) is 11.9. The van der Waals surface area contributed by atoms with E-state index < -0.39 is 0 Å². The van der Waals surface area contributed by atoms with Gasteiger partial charge >= 0.3 is 0 Å². The Kier molecular flexibility index (Phi) is 7.43. The Hall–Kier alpha value is -1.41. The van der Waals surface area contributed by atoms with Crippen LogP contribution in [0.2, 0.25) is 0 Å². The summed E-state index contributed by atoms with van der Waals surface area (Å²) in [6, 6.07) is 4.03. The van der Waals surface area contributed by atoms with Gasteiger partial charge in [0.05, 0.1) is 5.56 Å². The fourth-order valence-electron chi connectivity index (χ4n) is 2.42. The molecule has 0 atom stereocenters. The molecule has 0 radical (unpaired) electrons. The van der Waals surface area contributed by atoms with Gasteiger partial charge in [0, 0.05) is 24.0 Å². The first-order valence-corrected chi connectivity index (χ1v) is 10.1. The maximum absolute atomic E-state index is 13.1. The molecule has 1 amide bonds. The van der Waals surface area contributed by atoms with Gasteiger partial charge in [-0.05, 0) is 52.7 Å². The van der Waals surface area contributed by atoms with Gasteiger partial charge < -0.3 is 9.88 Å². The average Bonchev–Trinajstić information content (AvgIpc) is 2.92. The number of carbonyl (C=O) groups excluding carboxylic acids is 1. The number of nitrogens with zero attached hydrogens (tertiary/aromatic N) is 3. The molecule has 136 valence electrons. The van der Waals surface area contributed by atoms with Gasteiger partial charge in [-0.25, -0.2) is 4.39 Å². The van der Waals surface area contributed by atoms with E-state index in [0.717, 1.165) is 30.4 Å². The number of halogens is 2. The SMILES string of the molecule is CSc1nnc(CCCNC(=O)c2ccc(F)cc2Br)n1CC(C)C. The van der Waals surface area contributed by atoms with Crippen LogP contribution in [0.4, 0.5) is 4.39 Å². The Labute approximate surface area is 159 Å². The summed E-state index contributed by atoms with van der Waals surface area (Å²) in [6.07, 6.45) is 3.49. The smallest absolute Gasteiger partial charge is 0.252 e. The highest BCUT2D eigenvalue weighted by Crippen LogP contribution is 2.18. The molecule has 0 unspecified atom stereocenters. The molecule has 0 saturated carbocycles. The van der Waals surface area contributed by atoms with Crippen molar-refractivity contribution >= 4 is 33.6 Å². The average molecular weight is 429 g/mol. The molecule has 0 bridgehead atoms. The first-order valence-electron chi connectivity index (χ1n) is 8.11. The van der Waals surface area contributed by atoms with Crippen LogP contribution < -0.4 is 5.32 Å². The van der Waals surface area contributed by atoms with Crippen LogP contribution in [0, 0.1) is 11.7 Å². The zero-order valence-electron chi connectivity index (χ0n) is 14.6. The van der Waals surface area contributed by atoms with Crippen LogP contribution in [0.3, 0.4) is 0 Å². The standard InChI is InChI=1S/C17H22BrFN4OS/c1-11(2)10-23-15(21-22-17(23)25-3)5-4-8-20-16(24)13-7-6-12(19)9-14(13)18/h6-7,9,11H,4-5,8,10H2,1-3H3,(H,20,24). The number of hydrogen-bond donors (Lipinski definition) is 1. The minimum absolute atomic E-state index is 0.222. The lowest BCUT2D eigenvalue weighted by atomic mass is 10.2. The fourth-order valence-corrected chi connectivity index (χ4v) is 3.47. The fraction of sp³-hybridized carbons (Fsp3) is 0.471. The van der Waals surface area contributed by atoms with Crippen molar-refractivity contribution in [3.63, 3.8) is 0 Å². The van der Waals surface area contributed by atoms with Gasteiger partial charge in [-0.1, -0.05) is 25.6 Å². The normalized spacial score (nSPS) is 11.1. The lowest BCUT2D eigenvalue weighted by molar-refractivity contribution is 0.0952. The van der Waals surface area contributed by atoms with Gasteiger partial charge in [0.25, 0.3) is 5.91 Å². The Balaban J connectivity index is 1.89. The third kappa shape index (κ3) is 5.54. The van der Waals surface area contributed by atoms with Crippen molar-refractivity contribution in [2.45, 2.75) is 38.4 Å². The van der Waals surface area contributed by atoms with Crippen molar-refractivity contribution in [3.05, 3.63) is 39.9 Å². The van der Waals surface area contributed by atoms with E-state index in [1.807, 2.05) is 6.26 Å². The highest BCUT2D eigenvalue weighted by molar-refractivity contribution is 9.10. The van der Waals surface area contributed by atoms with E-state index in [-0.39, 0.29) is 11.7 Å². The van der Waals surface area contributed by atoms with Crippen LogP contribution in [0.5, 0.6) is 0 Å². The Morgan fingerprint density at radius 3 is 2.80 bits per heavy atom. The highest BCUT2D eigenvalue weighted by Gasteiger charge is 2.13. The molecule has 1 heterocycles. The molecule has 2 aromatic rings. The molecule has 8 heteroatoms. The quantitative estimate of drug-likeness (QED) is 0.511. The number of thioether (sulfide) groups is 1. The van der Waals surface area contributed by atoms with Crippen LogP contribution in [0.1, 0.15) is 36.5 Å². The third-order valence-corrected chi connectivity index (χ3v) is 4.89. The second-order valence-corrected chi connectivity index (χ2v) is 7.72. The summed E-state index contributed by atoms with van der Waals surface area (Å²) in [7, 11) is 0. The summed E-state index contributed by atoms with van der Waals surface area (Å²) in [6.45, 7) is 5.72. The maximum atomic E-state index is 13.1. The number of rotatable bonds is 8. The van der Waals surface area contributed by atoms with Crippen molar-refractivity contribution in [2.75, 3.05) is 12.8 Å². The Morgan fingerprint density at radius 1 is 1.40 bits per heavy atom. The van der Waals surface area contributed by atoms with Gasteiger partial charge in [0.15, 0.2) is 5.16 Å². The number of benzene rings is 1. The molecule has 0 aliphatic carbocycles. The van der Waals surface area contributed by atoms with Gasteiger partial charge in [0.2, 0.25) is 0 Å². The minimum atomic E-state index is -0.377. The molecule has 0 spiro atoms. The number of carbonyl (C=O) groups is 1. The number of nitrogens with one attached hydrogen (secondary N) is 1. The summed E-state index contributed by atoms with van der Waals surface area (Å²) < 4.78 is 15.7. The van der Waals surface area contributed by atoms with E-state index in [2.05, 4.69) is 49.9 Å². The maximum Gasteiger partial charge on any atom is 0.252 e. The summed E-state index contributed by atoms with van der Waals surface area (Å²) in [5, 5.41) is 12.3. The van der Waals surface area contributed by atoms with Gasteiger partial charge in [0.1, 0.15) is 11.6 Å². The molecule has 25 heavy (non-hydrogen) atoms. The molecule has 0 aliphatic rings. The van der Waals surface area contributed by atoms with Crippen LogP contribution in [0.15, 0.2) is 27.8 Å². The van der Waals surface area contributed by atoms with Crippen LogP contribution >= 0.6 is 27.7 Å². The van der Waals surface area contributed by atoms with Gasteiger partial charge in [-0.15, -0.1) is 10.2 Å². The third-order valence-electron chi connectivity index (χ3n) is 3.56. The largest absolute Gasteiger partial charge is 0.352 e. The lowest BCUT2D eigenvalue weighted by Crippen LogP contribution is -2.25. The minimum Gasteiger partial charge on any atom is -0.352 e. The molecule has 0 fully saturated rings. The molecule has 1 N–H and O–H groups in total. The molecule has 2 rings (SSSR count). The van der Waals surface area contributed by atoms with E-state index in [1.165, 1.54) is 18.2 Å². The van der Waals surface area contributed by atoms with Crippen LogP contribution in [-0.2, 0) is 13.0 Å². The molecular formula is C17H22BrFN4OS. The number of aryl methyl sites for hydroxylation is 1. The highest BCUT2D eigenvalue weighted by atomic mass is 79.9. The van der Waals surface area contributed by atoms with Gasteiger partial charge in [-0.3, -0.25) is 4.79 Å². The van der Waals surface area contributed by atoms with Crippen molar-refractivity contribution in [2.24, 2.45) is 5.92 Å². The molecular weight excluding hydrogens is 407 g/mol. The summed E-state index contributed by atoms with van der Waals surface area (Å²) in [4.78, 5) is 12.2. The van der Waals surface area contributed by atoms with E-state index in [0.29, 0.717) is 22.5 Å². The van der Waals surface area contributed by atoms with Crippen LogP contribution in [-0.4, -0.2) is 33.5 Å². The summed E-state index contributed by atoms with van der Waals surface area (Å²) >= 11 is 4.80. The molecule has 1 aromatic heterocycles. The second-order valence-electron chi connectivity index (χ2n) is 6.09. The number of hydrogen-bond acceptors (Lipinski definition) is 4. The van der Waals surface area contributed by atoms with E-state index in [1.54, 1.807) is 11.8 Å². The second kappa shape index (κ2) is 9.33. The first kappa shape index (κ1) is 19.9. The summed E-state index contributed by atoms with van der Waals surface area (Å²) in [5.41, 5.74) is 0.425. The molecule has 0 saturated heterocycles. The van der Waals surface area contributed by atoms with E-state index >= 15 is 0 Å². The van der Waals surface area contributed by atoms with Crippen LogP contribution in [0.25, 0.3) is 0 Å². The van der Waals surface area contributed by atoms with Gasteiger partial charge in [-0.2, -0.15) is 0 Å². The number of aromatic nitrogens is 3. The topological polar surface area (TPSA) is 59.8 Å². The van der Waals surface area contributed by atoms with Crippen molar-refractivity contribution in [1.82, 2.24) is 20.1 Å². The monoisotopic (exact) mass is 428 g/mol. The predicted octanol–water partition coefficient (Wildman–Crippen LogP) is 3.92. The van der Waals surface area contributed by atoms with E-state index in [9.17, 15) is 9.18 Å². The molecule has 5 nitrogen and oxygen atoms in total. The van der Waals surface area contributed by atoms with E-state index in [4.69, 9.17) is 0 Å². The van der Waals surface area contributed by atoms with Crippen molar-refractivity contribution < 1.29 is 9.18 Å². The Morgan fingerprint density at radius 2 is 2.16 bits per heavy atom. The number of amides is 1. The zero-order valence-corrected chi connectivity index (χ0v) is 17.0. The van der Waals surface area contributed by atoms with Crippen molar-refractivity contribution in [3.8, 4) is 0 Å². The molecule has 1 aromatic carbocycles. The Bertz CT molecular complexity index is 735. The predicted molar refractivity (Wildman–Crippen MR) is 101 cm³/mol.